The summed E-state index contributed by atoms with van der Waals surface area (Å²) in [5.74, 6) is 1.33. The first kappa shape index (κ1) is 15.2. The molecule has 1 aliphatic heterocycles. The molecule has 0 saturated heterocycles. The number of benzene rings is 2. The fourth-order valence-corrected chi connectivity index (χ4v) is 2.17. The molecule has 23 heavy (non-hydrogen) atoms. The topological polar surface area (TPSA) is 69.2 Å². The molecule has 118 valence electrons. The van der Waals surface area contributed by atoms with Crippen LogP contribution in [0, 0.1) is 0 Å². The number of anilines is 1. The molecular weight excluding hydrogens is 320 g/mol. The molecule has 1 amide bonds. The van der Waals surface area contributed by atoms with Gasteiger partial charge in [0, 0.05) is 16.3 Å². The zero-order valence-electron chi connectivity index (χ0n) is 12.0. The lowest BCUT2D eigenvalue weighted by Crippen LogP contribution is -2.15. The molecule has 2 aromatic rings. The summed E-state index contributed by atoms with van der Waals surface area (Å²) < 4.78 is 10.9. The molecule has 0 fully saturated rings. The summed E-state index contributed by atoms with van der Waals surface area (Å²) >= 11 is 5.83. The number of hydrogen-bond acceptors (Lipinski definition) is 5. The number of carbonyl (C=O) groups excluding carboxylic acids is 1. The first-order valence-electron chi connectivity index (χ1n) is 6.87. The van der Waals surface area contributed by atoms with Crippen LogP contribution in [0.1, 0.15) is 5.56 Å². The van der Waals surface area contributed by atoms with Crippen LogP contribution in [0.15, 0.2) is 47.6 Å². The molecule has 0 bridgehead atoms. The second-order valence-electron chi connectivity index (χ2n) is 4.65. The van der Waals surface area contributed by atoms with E-state index in [0.717, 1.165) is 5.56 Å². The van der Waals surface area contributed by atoms with Crippen LogP contribution in [-0.4, -0.2) is 25.5 Å². The predicted molar refractivity (Wildman–Crippen MR) is 86.6 cm³/mol. The van der Waals surface area contributed by atoms with Gasteiger partial charge < -0.3 is 9.47 Å². The third kappa shape index (κ3) is 4.14. The molecule has 7 heteroatoms. The Morgan fingerprint density at radius 2 is 2.00 bits per heavy atom. The minimum atomic E-state index is -0.707. The van der Waals surface area contributed by atoms with E-state index in [1.165, 1.54) is 6.21 Å². The summed E-state index contributed by atoms with van der Waals surface area (Å²) in [7, 11) is 0. The van der Waals surface area contributed by atoms with Crippen molar-refractivity contribution in [3.05, 3.63) is 53.1 Å². The summed E-state index contributed by atoms with van der Waals surface area (Å²) in [6.45, 7) is 1.04. The lowest BCUT2D eigenvalue weighted by Gasteiger charge is -2.18. The van der Waals surface area contributed by atoms with E-state index >= 15 is 0 Å². The first-order valence-corrected chi connectivity index (χ1v) is 7.25. The average molecular weight is 333 g/mol. The Balaban J connectivity index is 1.57. The molecule has 0 saturated carbocycles. The van der Waals surface area contributed by atoms with E-state index in [4.69, 9.17) is 25.9 Å². The highest BCUT2D eigenvalue weighted by atomic mass is 35.5. The maximum atomic E-state index is 11.6. The molecule has 0 spiro atoms. The van der Waals surface area contributed by atoms with Gasteiger partial charge in [0.2, 0.25) is 0 Å². The zero-order valence-corrected chi connectivity index (χ0v) is 12.7. The highest BCUT2D eigenvalue weighted by Crippen LogP contribution is 2.30. The molecule has 0 unspecified atom stereocenters. The van der Waals surface area contributed by atoms with Crippen molar-refractivity contribution in [3.63, 3.8) is 0 Å². The second kappa shape index (κ2) is 7.02. The van der Waals surface area contributed by atoms with Crippen LogP contribution < -0.4 is 14.8 Å². The van der Waals surface area contributed by atoms with Crippen LogP contribution in [0.3, 0.4) is 0 Å². The maximum absolute atomic E-state index is 11.6. The quantitative estimate of drug-likeness (QED) is 0.528. The standard InChI is InChI=1S/C16H13ClN2O4/c17-12-2-1-3-13(9-12)19-16(20)23-18-10-11-4-5-14-15(8-11)22-7-6-21-14/h1-5,8-10H,6-7H2,(H,19,20). The molecule has 6 nitrogen and oxygen atoms in total. The van der Waals surface area contributed by atoms with Crippen LogP contribution in [0.25, 0.3) is 0 Å². The Kier molecular flexibility index (Phi) is 4.63. The van der Waals surface area contributed by atoms with Crippen LogP contribution in [0.4, 0.5) is 10.5 Å². The van der Waals surface area contributed by atoms with Crippen molar-refractivity contribution in [2.75, 3.05) is 18.5 Å². The molecule has 0 atom stereocenters. The molecule has 3 rings (SSSR count). The third-order valence-electron chi connectivity index (χ3n) is 2.97. The Morgan fingerprint density at radius 3 is 2.83 bits per heavy atom. The summed E-state index contributed by atoms with van der Waals surface area (Å²) in [5.41, 5.74) is 1.25. The molecule has 1 heterocycles. The Hall–Kier alpha value is -2.73. The van der Waals surface area contributed by atoms with Crippen molar-refractivity contribution in [1.82, 2.24) is 0 Å². The van der Waals surface area contributed by atoms with Gasteiger partial charge in [0.05, 0.1) is 6.21 Å². The number of nitrogens with zero attached hydrogens (tertiary/aromatic N) is 1. The predicted octanol–water partition coefficient (Wildman–Crippen LogP) is 3.69. The summed E-state index contributed by atoms with van der Waals surface area (Å²) in [6.07, 6.45) is 0.705. The van der Waals surface area contributed by atoms with Gasteiger partial charge in [0.1, 0.15) is 13.2 Å². The Labute approximate surface area is 137 Å². The summed E-state index contributed by atoms with van der Waals surface area (Å²) in [6, 6.07) is 12.0. The number of carbonyl (C=O) groups is 1. The minimum Gasteiger partial charge on any atom is -0.486 e. The van der Waals surface area contributed by atoms with Crippen molar-refractivity contribution in [1.29, 1.82) is 0 Å². The highest BCUT2D eigenvalue weighted by Gasteiger charge is 2.11. The molecule has 0 aromatic heterocycles. The fourth-order valence-electron chi connectivity index (χ4n) is 1.98. The largest absolute Gasteiger partial charge is 0.486 e. The van der Waals surface area contributed by atoms with Crippen molar-refractivity contribution >= 4 is 29.6 Å². The summed E-state index contributed by atoms with van der Waals surface area (Å²) in [4.78, 5) is 16.3. The number of amides is 1. The van der Waals surface area contributed by atoms with E-state index in [0.29, 0.717) is 35.4 Å². The van der Waals surface area contributed by atoms with E-state index in [1.807, 2.05) is 0 Å². The average Bonchev–Trinajstić information content (AvgIpc) is 2.55. The number of hydrogen-bond donors (Lipinski definition) is 1. The van der Waals surface area contributed by atoms with Gasteiger partial charge >= 0.3 is 6.09 Å². The molecule has 1 aliphatic rings. The van der Waals surface area contributed by atoms with Crippen LogP contribution in [-0.2, 0) is 4.84 Å². The van der Waals surface area contributed by atoms with E-state index < -0.39 is 6.09 Å². The Morgan fingerprint density at radius 1 is 1.17 bits per heavy atom. The second-order valence-corrected chi connectivity index (χ2v) is 5.09. The normalized spacial score (nSPS) is 12.9. The molecule has 0 radical (unpaired) electrons. The zero-order chi connectivity index (χ0) is 16.1. The van der Waals surface area contributed by atoms with Crippen molar-refractivity contribution < 1.29 is 19.1 Å². The van der Waals surface area contributed by atoms with Gasteiger partial charge in [-0.15, -0.1) is 0 Å². The minimum absolute atomic E-state index is 0.506. The van der Waals surface area contributed by atoms with Crippen molar-refractivity contribution in [2.24, 2.45) is 5.16 Å². The van der Waals surface area contributed by atoms with E-state index in [1.54, 1.807) is 42.5 Å². The smallest absolute Gasteiger partial charge is 0.437 e. The van der Waals surface area contributed by atoms with Gasteiger partial charge in [-0.05, 0) is 36.4 Å². The van der Waals surface area contributed by atoms with Crippen LogP contribution >= 0.6 is 11.6 Å². The number of ether oxygens (including phenoxy) is 2. The van der Waals surface area contributed by atoms with E-state index in [-0.39, 0.29) is 0 Å². The highest BCUT2D eigenvalue weighted by molar-refractivity contribution is 6.30. The number of rotatable bonds is 3. The number of nitrogens with one attached hydrogen (secondary N) is 1. The SMILES string of the molecule is O=C(Nc1cccc(Cl)c1)ON=Cc1ccc2c(c1)OCCO2. The molecular formula is C16H13ClN2O4. The number of halogens is 1. The maximum Gasteiger partial charge on any atom is 0.437 e. The van der Waals surface area contributed by atoms with Crippen LogP contribution in [0.2, 0.25) is 5.02 Å². The van der Waals surface area contributed by atoms with Gasteiger partial charge in [0.25, 0.3) is 0 Å². The van der Waals surface area contributed by atoms with Gasteiger partial charge in [-0.2, -0.15) is 0 Å². The molecule has 0 aliphatic carbocycles. The van der Waals surface area contributed by atoms with E-state index in [9.17, 15) is 4.79 Å². The van der Waals surface area contributed by atoms with Crippen molar-refractivity contribution in [2.45, 2.75) is 0 Å². The fraction of sp³-hybridized carbons (Fsp3) is 0.125. The van der Waals surface area contributed by atoms with Gasteiger partial charge in [-0.1, -0.05) is 22.8 Å². The monoisotopic (exact) mass is 332 g/mol. The van der Waals surface area contributed by atoms with Gasteiger partial charge in [-0.25, -0.2) is 4.79 Å². The molecule has 2 aromatic carbocycles. The van der Waals surface area contributed by atoms with Crippen LogP contribution in [0.5, 0.6) is 11.5 Å². The lowest BCUT2D eigenvalue weighted by molar-refractivity contribution is 0.167. The van der Waals surface area contributed by atoms with E-state index in [2.05, 4.69) is 10.5 Å². The first-order chi connectivity index (χ1) is 11.2. The number of oxime groups is 1. The van der Waals surface area contributed by atoms with Gasteiger partial charge in [0.15, 0.2) is 11.5 Å². The molecule has 1 N–H and O–H groups in total. The number of fused-ring (bicyclic) bond motifs is 1. The summed E-state index contributed by atoms with van der Waals surface area (Å²) in [5, 5.41) is 6.67. The Bertz CT molecular complexity index is 749. The van der Waals surface area contributed by atoms with Crippen molar-refractivity contribution in [3.8, 4) is 11.5 Å². The lowest BCUT2D eigenvalue weighted by atomic mass is 10.2. The van der Waals surface area contributed by atoms with Gasteiger partial charge in [-0.3, -0.25) is 10.2 Å². The third-order valence-corrected chi connectivity index (χ3v) is 3.21.